The van der Waals surface area contributed by atoms with Crippen LogP contribution in [0.2, 0.25) is 0 Å². The average molecular weight is 246 g/mol. The second-order valence-electron chi connectivity index (χ2n) is 5.32. The normalized spacial score (nSPS) is 23.7. The highest BCUT2D eigenvalue weighted by molar-refractivity contribution is 5.97. The molecule has 1 aromatic rings. The lowest BCUT2D eigenvalue weighted by Gasteiger charge is -2.31. The van der Waals surface area contributed by atoms with Gasteiger partial charge in [-0.2, -0.15) is 0 Å². The Morgan fingerprint density at radius 3 is 2.78 bits per heavy atom. The molecule has 1 saturated heterocycles. The molecular weight excluding hydrogens is 224 g/mol. The topological polar surface area (TPSA) is 32.3 Å². The molecule has 1 aliphatic rings. The third-order valence-corrected chi connectivity index (χ3v) is 3.77. The van der Waals surface area contributed by atoms with Crippen LogP contribution in [-0.2, 0) is 4.79 Å². The lowest BCUT2D eigenvalue weighted by molar-refractivity contribution is -0.121. The number of carbonyl (C=O) groups is 1. The SMILES string of the molecule is Cc1ccccc1N(C)C(=O)C1CC(C)CCN1. The standard InChI is InChI=1S/C15H22N2O/c1-11-8-9-16-13(10-11)15(18)17(3)14-7-5-4-6-12(14)2/h4-7,11,13,16H,8-10H2,1-3H3. The number of nitrogens with one attached hydrogen (secondary N) is 1. The van der Waals surface area contributed by atoms with Crippen molar-refractivity contribution in [3.63, 3.8) is 0 Å². The number of hydrogen-bond acceptors (Lipinski definition) is 2. The summed E-state index contributed by atoms with van der Waals surface area (Å²) in [7, 11) is 1.87. The molecule has 1 N–H and O–H groups in total. The largest absolute Gasteiger partial charge is 0.314 e. The van der Waals surface area contributed by atoms with E-state index in [1.807, 2.05) is 38.2 Å². The molecule has 98 valence electrons. The molecule has 0 aliphatic carbocycles. The van der Waals surface area contributed by atoms with Crippen molar-refractivity contribution in [3.05, 3.63) is 29.8 Å². The predicted octanol–water partition coefficient (Wildman–Crippen LogP) is 2.35. The summed E-state index contributed by atoms with van der Waals surface area (Å²) in [5.74, 6) is 0.807. The number of likely N-dealkylation sites (N-methyl/N-ethyl adjacent to an activating group) is 1. The van der Waals surface area contributed by atoms with Gasteiger partial charge in [-0.05, 0) is 43.9 Å². The molecule has 2 unspecified atom stereocenters. The Balaban J connectivity index is 2.11. The van der Waals surface area contributed by atoms with E-state index < -0.39 is 0 Å². The average Bonchev–Trinajstić information content (AvgIpc) is 2.37. The fraction of sp³-hybridized carbons (Fsp3) is 0.533. The Kier molecular flexibility index (Phi) is 4.02. The van der Waals surface area contributed by atoms with Gasteiger partial charge in [-0.3, -0.25) is 4.79 Å². The van der Waals surface area contributed by atoms with E-state index in [4.69, 9.17) is 0 Å². The Morgan fingerprint density at radius 2 is 2.11 bits per heavy atom. The van der Waals surface area contributed by atoms with E-state index in [9.17, 15) is 4.79 Å². The molecule has 0 radical (unpaired) electrons. The van der Waals surface area contributed by atoms with Gasteiger partial charge in [-0.15, -0.1) is 0 Å². The molecular formula is C15H22N2O. The zero-order valence-electron chi connectivity index (χ0n) is 11.4. The van der Waals surface area contributed by atoms with Gasteiger partial charge >= 0.3 is 0 Å². The van der Waals surface area contributed by atoms with Crippen molar-refractivity contribution in [1.82, 2.24) is 5.32 Å². The van der Waals surface area contributed by atoms with Gasteiger partial charge in [0.25, 0.3) is 0 Å². The quantitative estimate of drug-likeness (QED) is 0.868. The van der Waals surface area contributed by atoms with Crippen molar-refractivity contribution in [2.75, 3.05) is 18.5 Å². The maximum atomic E-state index is 12.5. The van der Waals surface area contributed by atoms with Gasteiger partial charge in [0, 0.05) is 12.7 Å². The van der Waals surface area contributed by atoms with E-state index in [2.05, 4.69) is 12.2 Å². The molecule has 1 heterocycles. The molecule has 1 aliphatic heterocycles. The minimum Gasteiger partial charge on any atom is -0.314 e. The number of aryl methyl sites for hydroxylation is 1. The van der Waals surface area contributed by atoms with Crippen LogP contribution in [0.15, 0.2) is 24.3 Å². The number of amides is 1. The number of carbonyl (C=O) groups excluding carboxylic acids is 1. The van der Waals surface area contributed by atoms with E-state index in [-0.39, 0.29) is 11.9 Å². The third kappa shape index (κ3) is 2.72. The molecule has 3 nitrogen and oxygen atoms in total. The Bertz CT molecular complexity index is 430. The first-order chi connectivity index (χ1) is 8.59. The van der Waals surface area contributed by atoms with Crippen LogP contribution < -0.4 is 10.2 Å². The first kappa shape index (κ1) is 13.1. The molecule has 2 rings (SSSR count). The summed E-state index contributed by atoms with van der Waals surface area (Å²) >= 11 is 0. The van der Waals surface area contributed by atoms with Gasteiger partial charge < -0.3 is 10.2 Å². The maximum absolute atomic E-state index is 12.5. The third-order valence-electron chi connectivity index (χ3n) is 3.77. The predicted molar refractivity (Wildman–Crippen MR) is 74.8 cm³/mol. The van der Waals surface area contributed by atoms with E-state index >= 15 is 0 Å². The van der Waals surface area contributed by atoms with E-state index in [0.29, 0.717) is 5.92 Å². The molecule has 3 heteroatoms. The van der Waals surface area contributed by atoms with E-state index in [0.717, 1.165) is 30.6 Å². The fourth-order valence-corrected chi connectivity index (χ4v) is 2.59. The van der Waals surface area contributed by atoms with Gasteiger partial charge in [0.1, 0.15) is 0 Å². The molecule has 0 spiro atoms. The smallest absolute Gasteiger partial charge is 0.243 e. The molecule has 0 saturated carbocycles. The zero-order valence-corrected chi connectivity index (χ0v) is 11.4. The van der Waals surface area contributed by atoms with Crippen LogP contribution in [0.1, 0.15) is 25.3 Å². The monoisotopic (exact) mass is 246 g/mol. The van der Waals surface area contributed by atoms with Crippen LogP contribution in [0.3, 0.4) is 0 Å². The van der Waals surface area contributed by atoms with Gasteiger partial charge in [0.2, 0.25) is 5.91 Å². The number of benzene rings is 1. The molecule has 2 atom stereocenters. The van der Waals surface area contributed by atoms with Crippen LogP contribution in [0.4, 0.5) is 5.69 Å². The molecule has 1 fully saturated rings. The Hall–Kier alpha value is -1.35. The summed E-state index contributed by atoms with van der Waals surface area (Å²) in [6.07, 6.45) is 2.10. The van der Waals surface area contributed by atoms with Crippen LogP contribution in [0.25, 0.3) is 0 Å². The summed E-state index contributed by atoms with van der Waals surface area (Å²) in [4.78, 5) is 14.2. The van der Waals surface area contributed by atoms with Crippen molar-refractivity contribution in [3.8, 4) is 0 Å². The van der Waals surface area contributed by atoms with Crippen molar-refractivity contribution >= 4 is 11.6 Å². The first-order valence-corrected chi connectivity index (χ1v) is 6.66. The van der Waals surface area contributed by atoms with Crippen LogP contribution in [-0.4, -0.2) is 25.5 Å². The second-order valence-corrected chi connectivity index (χ2v) is 5.32. The van der Waals surface area contributed by atoms with Gasteiger partial charge in [0.05, 0.1) is 6.04 Å². The van der Waals surface area contributed by atoms with Gasteiger partial charge in [-0.1, -0.05) is 25.1 Å². The van der Waals surface area contributed by atoms with Crippen molar-refractivity contribution in [1.29, 1.82) is 0 Å². The Morgan fingerprint density at radius 1 is 1.39 bits per heavy atom. The van der Waals surface area contributed by atoms with Crippen molar-refractivity contribution in [2.24, 2.45) is 5.92 Å². The van der Waals surface area contributed by atoms with Gasteiger partial charge in [0.15, 0.2) is 0 Å². The lowest BCUT2D eigenvalue weighted by Crippen LogP contribution is -2.49. The number of hydrogen-bond donors (Lipinski definition) is 1. The number of piperidine rings is 1. The summed E-state index contributed by atoms with van der Waals surface area (Å²) < 4.78 is 0. The van der Waals surface area contributed by atoms with Gasteiger partial charge in [-0.25, -0.2) is 0 Å². The second kappa shape index (κ2) is 5.53. The molecule has 0 bridgehead atoms. The first-order valence-electron chi connectivity index (χ1n) is 6.66. The molecule has 1 aromatic carbocycles. The zero-order chi connectivity index (χ0) is 13.1. The van der Waals surface area contributed by atoms with Crippen molar-refractivity contribution < 1.29 is 4.79 Å². The minimum atomic E-state index is -0.0293. The lowest BCUT2D eigenvalue weighted by atomic mass is 9.93. The summed E-state index contributed by atoms with van der Waals surface area (Å²) in [5.41, 5.74) is 2.14. The maximum Gasteiger partial charge on any atom is 0.243 e. The summed E-state index contributed by atoms with van der Waals surface area (Å²) in [6.45, 7) is 5.20. The number of anilines is 1. The molecule has 18 heavy (non-hydrogen) atoms. The van der Waals surface area contributed by atoms with Crippen molar-refractivity contribution in [2.45, 2.75) is 32.7 Å². The highest BCUT2D eigenvalue weighted by Gasteiger charge is 2.27. The van der Waals surface area contributed by atoms with Crippen LogP contribution in [0.5, 0.6) is 0 Å². The fourth-order valence-electron chi connectivity index (χ4n) is 2.59. The minimum absolute atomic E-state index is 0.0293. The highest BCUT2D eigenvalue weighted by atomic mass is 16.2. The number of rotatable bonds is 2. The molecule has 1 amide bonds. The van der Waals surface area contributed by atoms with Crippen LogP contribution in [0, 0.1) is 12.8 Å². The van der Waals surface area contributed by atoms with E-state index in [1.54, 1.807) is 4.90 Å². The molecule has 0 aromatic heterocycles. The summed E-state index contributed by atoms with van der Waals surface area (Å²) in [5, 5.41) is 3.33. The Labute approximate surface area is 109 Å². The summed E-state index contributed by atoms with van der Waals surface area (Å²) in [6, 6.07) is 7.98. The van der Waals surface area contributed by atoms with Crippen LogP contribution >= 0.6 is 0 Å². The highest BCUT2D eigenvalue weighted by Crippen LogP contribution is 2.22. The number of para-hydroxylation sites is 1. The number of nitrogens with zero attached hydrogens (tertiary/aromatic N) is 1. The van der Waals surface area contributed by atoms with E-state index in [1.165, 1.54) is 0 Å².